The van der Waals surface area contributed by atoms with Crippen molar-refractivity contribution in [1.82, 2.24) is 14.3 Å². The topological polar surface area (TPSA) is 88.3 Å². The minimum Gasteiger partial charge on any atom is -0.435 e. The van der Waals surface area contributed by atoms with E-state index in [4.69, 9.17) is 4.42 Å². The van der Waals surface area contributed by atoms with Gasteiger partial charge in [0.15, 0.2) is 5.58 Å². The van der Waals surface area contributed by atoms with Gasteiger partial charge in [-0.05, 0) is 24.3 Å². The zero-order valence-electron chi connectivity index (χ0n) is 12.0. The summed E-state index contributed by atoms with van der Waals surface area (Å²) in [7, 11) is -0.651. The van der Waals surface area contributed by atoms with Crippen molar-refractivity contribution in [3.63, 3.8) is 0 Å². The molecule has 3 aromatic rings. The normalized spacial score (nSPS) is 12.0. The van der Waals surface area contributed by atoms with E-state index in [1.807, 2.05) is 6.07 Å². The Bertz CT molecular complexity index is 904. The van der Waals surface area contributed by atoms with E-state index >= 15 is 0 Å². The molecule has 1 N–H and O–H groups in total. The van der Waals surface area contributed by atoms with Crippen LogP contribution in [0.4, 0.5) is 5.69 Å². The largest absolute Gasteiger partial charge is 0.435 e. The van der Waals surface area contributed by atoms with Crippen molar-refractivity contribution in [3.05, 3.63) is 42.6 Å². The van der Waals surface area contributed by atoms with Gasteiger partial charge in [-0.3, -0.25) is 9.71 Å². The molecule has 0 radical (unpaired) electrons. The molecule has 2 heterocycles. The lowest BCUT2D eigenvalue weighted by molar-refractivity contribution is 0.527. The minimum absolute atomic E-state index is 0.392. The molecule has 114 valence electrons. The van der Waals surface area contributed by atoms with Crippen molar-refractivity contribution in [3.8, 4) is 11.6 Å². The zero-order chi connectivity index (χ0) is 15.7. The van der Waals surface area contributed by atoms with Crippen LogP contribution in [0, 0.1) is 0 Å². The first-order chi connectivity index (χ1) is 10.5. The van der Waals surface area contributed by atoms with E-state index in [9.17, 15) is 8.42 Å². The van der Waals surface area contributed by atoms with E-state index in [-0.39, 0.29) is 0 Å². The number of pyridine rings is 1. The number of benzene rings is 1. The van der Waals surface area contributed by atoms with Crippen LogP contribution in [0.3, 0.4) is 0 Å². The molecule has 0 bridgehead atoms. The molecule has 3 rings (SSSR count). The highest BCUT2D eigenvalue weighted by Gasteiger charge is 2.15. The van der Waals surface area contributed by atoms with Gasteiger partial charge >= 0.3 is 10.2 Å². The minimum atomic E-state index is -3.56. The van der Waals surface area contributed by atoms with Gasteiger partial charge in [-0.15, -0.1) is 0 Å². The summed E-state index contributed by atoms with van der Waals surface area (Å²) in [5.41, 5.74) is 2.15. The van der Waals surface area contributed by atoms with Gasteiger partial charge in [-0.2, -0.15) is 12.7 Å². The molecule has 0 saturated heterocycles. The molecule has 0 amide bonds. The molecule has 1 aromatic carbocycles. The molecule has 0 fully saturated rings. The van der Waals surface area contributed by atoms with Gasteiger partial charge in [-0.1, -0.05) is 6.07 Å². The Morgan fingerprint density at radius 1 is 1.18 bits per heavy atom. The van der Waals surface area contributed by atoms with E-state index in [0.29, 0.717) is 28.4 Å². The van der Waals surface area contributed by atoms with Crippen molar-refractivity contribution >= 4 is 27.0 Å². The first kappa shape index (κ1) is 14.5. The predicted octanol–water partition coefficient (Wildman–Crippen LogP) is 2.11. The fraction of sp³-hybridized carbons (Fsp3) is 0.143. The number of hydrogen-bond acceptors (Lipinski definition) is 5. The molecule has 0 saturated carbocycles. The van der Waals surface area contributed by atoms with Crippen LogP contribution in [0.2, 0.25) is 0 Å². The van der Waals surface area contributed by atoms with E-state index in [1.165, 1.54) is 14.1 Å². The summed E-state index contributed by atoms with van der Waals surface area (Å²) in [6.45, 7) is 0. The third kappa shape index (κ3) is 2.78. The van der Waals surface area contributed by atoms with E-state index in [0.717, 1.165) is 4.31 Å². The lowest BCUT2D eigenvalue weighted by atomic mass is 10.3. The average molecular weight is 318 g/mol. The fourth-order valence-corrected chi connectivity index (χ4v) is 2.43. The molecule has 0 unspecified atom stereocenters. The van der Waals surface area contributed by atoms with Crippen LogP contribution in [0.5, 0.6) is 0 Å². The molecule has 0 spiro atoms. The lowest BCUT2D eigenvalue weighted by Crippen LogP contribution is -2.28. The van der Waals surface area contributed by atoms with Gasteiger partial charge in [0.1, 0.15) is 11.2 Å². The smallest absolute Gasteiger partial charge is 0.301 e. The Morgan fingerprint density at radius 3 is 2.68 bits per heavy atom. The number of aromatic nitrogens is 2. The van der Waals surface area contributed by atoms with Crippen molar-refractivity contribution in [2.24, 2.45) is 0 Å². The lowest BCUT2D eigenvalue weighted by Gasteiger charge is -2.12. The number of nitrogens with zero attached hydrogens (tertiary/aromatic N) is 3. The highest BCUT2D eigenvalue weighted by Crippen LogP contribution is 2.25. The summed E-state index contributed by atoms with van der Waals surface area (Å²) in [6.07, 6.45) is 1.65. The summed E-state index contributed by atoms with van der Waals surface area (Å²) in [5, 5.41) is 0. The van der Waals surface area contributed by atoms with Crippen LogP contribution >= 0.6 is 0 Å². The average Bonchev–Trinajstić information content (AvgIpc) is 2.91. The van der Waals surface area contributed by atoms with Crippen LogP contribution in [0.15, 0.2) is 47.0 Å². The predicted molar refractivity (Wildman–Crippen MR) is 83.5 cm³/mol. The van der Waals surface area contributed by atoms with Gasteiger partial charge < -0.3 is 4.42 Å². The summed E-state index contributed by atoms with van der Waals surface area (Å²) >= 11 is 0. The summed E-state index contributed by atoms with van der Waals surface area (Å²) < 4.78 is 32.8. The number of rotatable bonds is 4. The molecule has 0 aliphatic rings. The number of anilines is 1. The zero-order valence-corrected chi connectivity index (χ0v) is 12.8. The van der Waals surface area contributed by atoms with Crippen LogP contribution in [0.1, 0.15) is 0 Å². The quantitative estimate of drug-likeness (QED) is 0.796. The molecule has 0 aliphatic carbocycles. The Kier molecular flexibility index (Phi) is 3.55. The molecule has 7 nitrogen and oxygen atoms in total. The second-order valence-corrected chi connectivity index (χ2v) is 6.69. The van der Waals surface area contributed by atoms with Crippen molar-refractivity contribution in [2.75, 3.05) is 18.8 Å². The molecular weight excluding hydrogens is 304 g/mol. The van der Waals surface area contributed by atoms with Crippen molar-refractivity contribution in [1.29, 1.82) is 0 Å². The molecule has 2 aromatic heterocycles. The van der Waals surface area contributed by atoms with Gasteiger partial charge in [-0.25, -0.2) is 4.98 Å². The summed E-state index contributed by atoms with van der Waals surface area (Å²) in [5.74, 6) is 0.392. The van der Waals surface area contributed by atoms with E-state index in [1.54, 1.807) is 36.5 Å². The number of fused-ring (bicyclic) bond motifs is 1. The molecule has 0 atom stereocenters. The van der Waals surface area contributed by atoms with Gasteiger partial charge in [0, 0.05) is 26.4 Å². The Morgan fingerprint density at radius 2 is 2.00 bits per heavy atom. The molecule has 0 aliphatic heterocycles. The van der Waals surface area contributed by atoms with Gasteiger partial charge in [0.25, 0.3) is 0 Å². The summed E-state index contributed by atoms with van der Waals surface area (Å²) in [4.78, 5) is 8.51. The maximum absolute atomic E-state index is 11.8. The fourth-order valence-electron chi connectivity index (χ4n) is 1.83. The SMILES string of the molecule is CN(C)S(=O)(=O)Nc1ccc2nc(-c3ccccn3)oc2c1. The highest BCUT2D eigenvalue weighted by atomic mass is 32.2. The van der Waals surface area contributed by atoms with Crippen LogP contribution in [0.25, 0.3) is 22.7 Å². The summed E-state index contributed by atoms with van der Waals surface area (Å²) in [6, 6.07) is 10.4. The number of hydrogen-bond donors (Lipinski definition) is 1. The van der Waals surface area contributed by atoms with Crippen molar-refractivity contribution in [2.45, 2.75) is 0 Å². The molecular formula is C14H14N4O3S. The van der Waals surface area contributed by atoms with Gasteiger partial charge in [0.05, 0.1) is 5.69 Å². The molecule has 22 heavy (non-hydrogen) atoms. The third-order valence-electron chi connectivity index (χ3n) is 3.00. The van der Waals surface area contributed by atoms with Crippen molar-refractivity contribution < 1.29 is 12.8 Å². The van der Waals surface area contributed by atoms with E-state index in [2.05, 4.69) is 14.7 Å². The first-order valence-electron chi connectivity index (χ1n) is 6.48. The maximum atomic E-state index is 11.8. The second kappa shape index (κ2) is 5.39. The third-order valence-corrected chi connectivity index (χ3v) is 4.46. The number of oxazole rings is 1. The first-order valence-corrected chi connectivity index (χ1v) is 7.92. The molecule has 8 heteroatoms. The second-order valence-electron chi connectivity index (χ2n) is 4.81. The standard InChI is InChI=1S/C14H14N4O3S/c1-18(2)22(19,20)17-10-6-7-11-13(9-10)21-14(16-11)12-5-3-4-8-15-12/h3-9,17H,1-2H3. The Hall–Kier alpha value is -2.45. The Balaban J connectivity index is 1.98. The maximum Gasteiger partial charge on any atom is 0.301 e. The van der Waals surface area contributed by atoms with Gasteiger partial charge in [0.2, 0.25) is 5.89 Å². The van der Waals surface area contributed by atoms with Crippen LogP contribution in [-0.4, -0.2) is 36.8 Å². The highest BCUT2D eigenvalue weighted by molar-refractivity contribution is 7.90. The Labute approximate surface area is 127 Å². The monoisotopic (exact) mass is 318 g/mol. The number of nitrogens with one attached hydrogen (secondary N) is 1. The van der Waals surface area contributed by atoms with Crippen LogP contribution < -0.4 is 4.72 Å². The van der Waals surface area contributed by atoms with Crippen LogP contribution in [-0.2, 0) is 10.2 Å². The van der Waals surface area contributed by atoms with E-state index < -0.39 is 10.2 Å².